The molecule has 0 spiro atoms. The Morgan fingerprint density at radius 2 is 1.27 bits per heavy atom. The molecule has 2 aliphatic rings. The van der Waals surface area contributed by atoms with Gasteiger partial charge in [-0.3, -0.25) is 0 Å². The molecule has 0 heterocycles. The van der Waals surface area contributed by atoms with Crippen LogP contribution in [-0.2, 0) is 4.74 Å². The van der Waals surface area contributed by atoms with E-state index in [-0.39, 0.29) is 6.10 Å². The number of rotatable bonds is 2. The van der Waals surface area contributed by atoms with E-state index in [1.54, 1.807) is 0 Å². The van der Waals surface area contributed by atoms with Crippen molar-refractivity contribution in [1.29, 1.82) is 0 Å². The van der Waals surface area contributed by atoms with Gasteiger partial charge in [-0.2, -0.15) is 0 Å². The Balaban J connectivity index is 1.68. The quantitative estimate of drug-likeness (QED) is 0.762. The van der Waals surface area contributed by atoms with Crippen molar-refractivity contribution in [2.45, 2.75) is 82.5 Å². The van der Waals surface area contributed by atoms with Gasteiger partial charge in [-0.1, -0.05) is 38.5 Å². The number of hydrogen-bond donors (Lipinski definition) is 1. The monoisotopic (exact) mass is 212 g/mol. The molecule has 0 atom stereocenters. The summed E-state index contributed by atoms with van der Waals surface area (Å²) in [4.78, 5) is 0. The van der Waals surface area contributed by atoms with Gasteiger partial charge in [0.15, 0.2) is 0 Å². The van der Waals surface area contributed by atoms with Crippen LogP contribution in [-0.4, -0.2) is 23.4 Å². The van der Waals surface area contributed by atoms with Crippen LogP contribution in [0.2, 0.25) is 0 Å². The largest absolute Gasteiger partial charge is 0.393 e. The van der Waals surface area contributed by atoms with E-state index in [9.17, 15) is 5.11 Å². The summed E-state index contributed by atoms with van der Waals surface area (Å²) in [6, 6.07) is 0. The molecule has 0 radical (unpaired) electrons. The molecule has 15 heavy (non-hydrogen) atoms. The predicted octanol–water partition coefficient (Wildman–Crippen LogP) is 3.03. The van der Waals surface area contributed by atoms with Crippen LogP contribution in [0.3, 0.4) is 0 Å². The van der Waals surface area contributed by atoms with Crippen molar-refractivity contribution in [1.82, 2.24) is 0 Å². The first-order chi connectivity index (χ1) is 7.34. The molecule has 0 aromatic heterocycles. The lowest BCUT2D eigenvalue weighted by atomic mass is 9.92. The van der Waals surface area contributed by atoms with Crippen LogP contribution in [0.5, 0.6) is 0 Å². The molecule has 2 saturated carbocycles. The molecule has 0 aromatic rings. The van der Waals surface area contributed by atoms with Crippen LogP contribution in [0.25, 0.3) is 0 Å². The van der Waals surface area contributed by atoms with Gasteiger partial charge in [0.25, 0.3) is 0 Å². The van der Waals surface area contributed by atoms with Gasteiger partial charge in [0.1, 0.15) is 0 Å². The minimum Gasteiger partial charge on any atom is -0.393 e. The molecular weight excluding hydrogens is 188 g/mol. The third-order valence-corrected chi connectivity index (χ3v) is 3.76. The van der Waals surface area contributed by atoms with Crippen molar-refractivity contribution in [2.75, 3.05) is 0 Å². The Labute approximate surface area is 93.0 Å². The van der Waals surface area contributed by atoms with E-state index in [0.29, 0.717) is 12.2 Å². The van der Waals surface area contributed by atoms with Gasteiger partial charge >= 0.3 is 0 Å². The fourth-order valence-electron chi connectivity index (χ4n) is 2.65. The van der Waals surface area contributed by atoms with Gasteiger partial charge in [0, 0.05) is 0 Å². The Bertz CT molecular complexity index is 165. The van der Waals surface area contributed by atoms with Gasteiger partial charge < -0.3 is 9.84 Å². The SMILES string of the molecule is OC1CC(OC2CCCCCCCC2)C1. The Morgan fingerprint density at radius 1 is 0.733 bits per heavy atom. The zero-order chi connectivity index (χ0) is 10.5. The van der Waals surface area contributed by atoms with E-state index in [1.165, 1.54) is 51.4 Å². The van der Waals surface area contributed by atoms with Crippen molar-refractivity contribution in [3.63, 3.8) is 0 Å². The van der Waals surface area contributed by atoms with Gasteiger partial charge in [-0.05, 0) is 25.7 Å². The third-order valence-electron chi connectivity index (χ3n) is 3.76. The molecule has 0 unspecified atom stereocenters. The zero-order valence-electron chi connectivity index (χ0n) is 9.66. The normalized spacial score (nSPS) is 35.0. The van der Waals surface area contributed by atoms with Crippen molar-refractivity contribution < 1.29 is 9.84 Å². The van der Waals surface area contributed by atoms with Crippen LogP contribution in [0.15, 0.2) is 0 Å². The second-order valence-corrected chi connectivity index (χ2v) is 5.20. The number of aliphatic hydroxyl groups excluding tert-OH is 1. The number of hydrogen-bond acceptors (Lipinski definition) is 2. The smallest absolute Gasteiger partial charge is 0.0628 e. The third kappa shape index (κ3) is 3.76. The lowest BCUT2D eigenvalue weighted by molar-refractivity contribution is -0.108. The van der Waals surface area contributed by atoms with Crippen LogP contribution in [0.1, 0.15) is 64.2 Å². The Hall–Kier alpha value is -0.0800. The van der Waals surface area contributed by atoms with Crippen LogP contribution in [0, 0.1) is 0 Å². The maximum absolute atomic E-state index is 9.21. The van der Waals surface area contributed by atoms with Crippen LogP contribution < -0.4 is 0 Å². The molecule has 0 amide bonds. The van der Waals surface area contributed by atoms with Gasteiger partial charge in [-0.15, -0.1) is 0 Å². The van der Waals surface area contributed by atoms with Gasteiger partial charge in [0.2, 0.25) is 0 Å². The Kier molecular flexibility index (Phi) is 4.45. The molecule has 0 aliphatic heterocycles. The van der Waals surface area contributed by atoms with E-state index < -0.39 is 0 Å². The molecule has 0 bridgehead atoms. The highest BCUT2D eigenvalue weighted by molar-refractivity contribution is 4.80. The van der Waals surface area contributed by atoms with Gasteiger partial charge in [0.05, 0.1) is 18.3 Å². The molecule has 2 nitrogen and oxygen atoms in total. The first-order valence-electron chi connectivity index (χ1n) is 6.68. The first kappa shape index (κ1) is 11.4. The van der Waals surface area contributed by atoms with Crippen molar-refractivity contribution in [3.05, 3.63) is 0 Å². The summed E-state index contributed by atoms with van der Waals surface area (Å²) in [5.74, 6) is 0. The summed E-state index contributed by atoms with van der Waals surface area (Å²) in [6.07, 6.45) is 13.3. The molecule has 2 heteroatoms. The molecule has 2 rings (SSSR count). The predicted molar refractivity (Wildman–Crippen MR) is 60.8 cm³/mol. The summed E-state index contributed by atoms with van der Waals surface area (Å²) >= 11 is 0. The van der Waals surface area contributed by atoms with Crippen LogP contribution in [0.4, 0.5) is 0 Å². The second-order valence-electron chi connectivity index (χ2n) is 5.20. The minimum absolute atomic E-state index is 0.0775. The van der Waals surface area contributed by atoms with E-state index in [0.717, 1.165) is 12.8 Å². The fourth-order valence-corrected chi connectivity index (χ4v) is 2.65. The lowest BCUT2D eigenvalue weighted by Crippen LogP contribution is -2.38. The van der Waals surface area contributed by atoms with Gasteiger partial charge in [-0.25, -0.2) is 0 Å². The minimum atomic E-state index is -0.0775. The molecule has 0 saturated heterocycles. The molecule has 0 aromatic carbocycles. The first-order valence-corrected chi connectivity index (χ1v) is 6.68. The average Bonchev–Trinajstić information content (AvgIpc) is 2.29. The number of ether oxygens (including phenoxy) is 1. The highest BCUT2D eigenvalue weighted by atomic mass is 16.5. The fraction of sp³-hybridized carbons (Fsp3) is 1.00. The molecule has 1 N–H and O–H groups in total. The average molecular weight is 212 g/mol. The standard InChI is InChI=1S/C13H24O2/c14-11-9-13(10-11)15-12-7-5-3-1-2-4-6-8-12/h11-14H,1-10H2. The summed E-state index contributed by atoms with van der Waals surface area (Å²) < 4.78 is 6.03. The Morgan fingerprint density at radius 3 is 1.80 bits per heavy atom. The summed E-state index contributed by atoms with van der Waals surface area (Å²) in [6.45, 7) is 0. The summed E-state index contributed by atoms with van der Waals surface area (Å²) in [5.41, 5.74) is 0. The molecule has 2 fully saturated rings. The van der Waals surface area contributed by atoms with Crippen molar-refractivity contribution >= 4 is 0 Å². The van der Waals surface area contributed by atoms with E-state index >= 15 is 0 Å². The topological polar surface area (TPSA) is 29.5 Å². The molecule has 88 valence electrons. The van der Waals surface area contributed by atoms with Crippen molar-refractivity contribution in [3.8, 4) is 0 Å². The van der Waals surface area contributed by atoms with Crippen LogP contribution >= 0.6 is 0 Å². The van der Waals surface area contributed by atoms with E-state index in [4.69, 9.17) is 4.74 Å². The van der Waals surface area contributed by atoms with E-state index in [2.05, 4.69) is 0 Å². The molecule has 2 aliphatic carbocycles. The second kappa shape index (κ2) is 5.86. The maximum Gasteiger partial charge on any atom is 0.0628 e. The number of aliphatic hydroxyl groups is 1. The summed E-state index contributed by atoms with van der Waals surface area (Å²) in [7, 11) is 0. The van der Waals surface area contributed by atoms with E-state index in [1.807, 2.05) is 0 Å². The summed E-state index contributed by atoms with van der Waals surface area (Å²) in [5, 5.41) is 9.21. The van der Waals surface area contributed by atoms with Crippen molar-refractivity contribution in [2.24, 2.45) is 0 Å². The zero-order valence-corrected chi connectivity index (χ0v) is 9.66. The lowest BCUT2D eigenvalue weighted by Gasteiger charge is -2.34. The highest BCUT2D eigenvalue weighted by Crippen LogP contribution is 2.28. The highest BCUT2D eigenvalue weighted by Gasteiger charge is 2.30. The molecular formula is C13H24O2. The maximum atomic E-state index is 9.21.